The Kier molecular flexibility index (Phi) is 3.01. The molecule has 1 aromatic rings. The molecule has 1 N–H and O–H groups in total. The number of amides is 1. The standard InChI is InChI=1S/C13H18N4O/c1-16-7-11-6-15-12(8-17(11)9-13(16)18)10-3-2-4-14-5-10/h2-5,11-12,15H,6-9H2,1H3. The number of hydrogen-bond donors (Lipinski definition) is 1. The van der Waals surface area contributed by atoms with Gasteiger partial charge < -0.3 is 10.2 Å². The molecule has 3 heterocycles. The van der Waals surface area contributed by atoms with Gasteiger partial charge in [-0.3, -0.25) is 14.7 Å². The Morgan fingerprint density at radius 2 is 2.33 bits per heavy atom. The van der Waals surface area contributed by atoms with Crippen LogP contribution in [0.25, 0.3) is 0 Å². The summed E-state index contributed by atoms with van der Waals surface area (Å²) in [6, 6.07) is 4.77. The van der Waals surface area contributed by atoms with E-state index < -0.39 is 0 Å². The Bertz CT molecular complexity index is 436. The van der Waals surface area contributed by atoms with Crippen LogP contribution in [0.3, 0.4) is 0 Å². The molecule has 0 bridgehead atoms. The molecular formula is C13H18N4O. The lowest BCUT2D eigenvalue weighted by Gasteiger charge is -2.45. The zero-order chi connectivity index (χ0) is 12.5. The van der Waals surface area contributed by atoms with Gasteiger partial charge in [-0.25, -0.2) is 0 Å². The van der Waals surface area contributed by atoms with E-state index in [1.54, 1.807) is 6.20 Å². The summed E-state index contributed by atoms with van der Waals surface area (Å²) in [4.78, 5) is 20.0. The second-order valence-electron chi connectivity index (χ2n) is 5.10. The van der Waals surface area contributed by atoms with E-state index >= 15 is 0 Å². The van der Waals surface area contributed by atoms with E-state index in [-0.39, 0.29) is 11.9 Å². The summed E-state index contributed by atoms with van der Waals surface area (Å²) < 4.78 is 0. The third-order valence-electron chi connectivity index (χ3n) is 3.87. The van der Waals surface area contributed by atoms with E-state index in [2.05, 4.69) is 21.3 Å². The molecule has 2 aliphatic heterocycles. The van der Waals surface area contributed by atoms with Crippen molar-refractivity contribution in [3.8, 4) is 0 Å². The molecule has 96 valence electrons. The number of aromatic nitrogens is 1. The largest absolute Gasteiger partial charge is 0.343 e. The molecular weight excluding hydrogens is 228 g/mol. The van der Waals surface area contributed by atoms with Crippen molar-refractivity contribution in [3.05, 3.63) is 30.1 Å². The molecule has 0 aromatic carbocycles. The molecule has 18 heavy (non-hydrogen) atoms. The molecule has 0 saturated carbocycles. The summed E-state index contributed by atoms with van der Waals surface area (Å²) in [5, 5.41) is 3.55. The fourth-order valence-electron chi connectivity index (χ4n) is 2.75. The predicted octanol–water partition coefficient (Wildman–Crippen LogP) is -0.132. The fraction of sp³-hybridized carbons (Fsp3) is 0.538. The highest BCUT2D eigenvalue weighted by Gasteiger charge is 2.35. The van der Waals surface area contributed by atoms with Crippen molar-refractivity contribution in [1.82, 2.24) is 20.1 Å². The SMILES string of the molecule is CN1CC2CNC(c3cccnc3)CN2CC1=O. The molecule has 5 nitrogen and oxygen atoms in total. The summed E-state index contributed by atoms with van der Waals surface area (Å²) in [5.74, 6) is 0.220. The second-order valence-corrected chi connectivity index (χ2v) is 5.10. The van der Waals surface area contributed by atoms with E-state index in [1.165, 1.54) is 5.56 Å². The van der Waals surface area contributed by atoms with Crippen molar-refractivity contribution in [3.63, 3.8) is 0 Å². The molecule has 2 saturated heterocycles. The number of fused-ring (bicyclic) bond motifs is 1. The molecule has 3 rings (SSSR count). The quantitative estimate of drug-likeness (QED) is 0.750. The van der Waals surface area contributed by atoms with Gasteiger partial charge in [0.2, 0.25) is 5.91 Å². The van der Waals surface area contributed by atoms with Gasteiger partial charge in [0.05, 0.1) is 6.54 Å². The molecule has 1 amide bonds. The van der Waals surface area contributed by atoms with Crippen molar-refractivity contribution >= 4 is 5.91 Å². The minimum atomic E-state index is 0.220. The van der Waals surface area contributed by atoms with E-state index in [1.807, 2.05) is 24.2 Å². The van der Waals surface area contributed by atoms with E-state index in [4.69, 9.17) is 0 Å². The monoisotopic (exact) mass is 246 g/mol. The minimum absolute atomic E-state index is 0.220. The molecule has 2 aliphatic rings. The van der Waals surface area contributed by atoms with Crippen molar-refractivity contribution < 1.29 is 4.79 Å². The molecule has 0 aliphatic carbocycles. The molecule has 5 heteroatoms. The average molecular weight is 246 g/mol. The fourth-order valence-corrected chi connectivity index (χ4v) is 2.75. The summed E-state index contributed by atoms with van der Waals surface area (Å²) in [6.07, 6.45) is 3.68. The first-order valence-electron chi connectivity index (χ1n) is 6.35. The Morgan fingerprint density at radius 3 is 3.11 bits per heavy atom. The van der Waals surface area contributed by atoms with Crippen molar-refractivity contribution in [2.24, 2.45) is 0 Å². The van der Waals surface area contributed by atoms with Crippen LogP contribution in [-0.4, -0.2) is 60.0 Å². The van der Waals surface area contributed by atoms with Crippen molar-refractivity contribution in [1.29, 1.82) is 0 Å². The Morgan fingerprint density at radius 1 is 1.44 bits per heavy atom. The van der Waals surface area contributed by atoms with Gasteiger partial charge in [-0.1, -0.05) is 6.07 Å². The Labute approximate surface area is 107 Å². The van der Waals surface area contributed by atoms with Gasteiger partial charge in [0, 0.05) is 51.2 Å². The van der Waals surface area contributed by atoms with Crippen LogP contribution < -0.4 is 5.32 Å². The second kappa shape index (κ2) is 4.66. The third-order valence-corrected chi connectivity index (χ3v) is 3.87. The average Bonchev–Trinajstić information content (AvgIpc) is 2.41. The minimum Gasteiger partial charge on any atom is -0.343 e. The lowest BCUT2D eigenvalue weighted by molar-refractivity contribution is -0.137. The highest BCUT2D eigenvalue weighted by atomic mass is 16.2. The maximum absolute atomic E-state index is 11.7. The van der Waals surface area contributed by atoms with Gasteiger partial charge in [-0.15, -0.1) is 0 Å². The predicted molar refractivity (Wildman–Crippen MR) is 68.0 cm³/mol. The first kappa shape index (κ1) is 11.6. The normalized spacial score (nSPS) is 29.2. The zero-order valence-electron chi connectivity index (χ0n) is 10.5. The lowest BCUT2D eigenvalue weighted by Crippen LogP contribution is -2.62. The number of carbonyl (C=O) groups is 1. The van der Waals surface area contributed by atoms with Crippen LogP contribution in [-0.2, 0) is 4.79 Å². The number of nitrogens with zero attached hydrogens (tertiary/aromatic N) is 3. The first-order chi connectivity index (χ1) is 8.74. The Hall–Kier alpha value is -1.46. The number of carbonyl (C=O) groups excluding carboxylic acids is 1. The van der Waals surface area contributed by atoms with Crippen LogP contribution in [0.5, 0.6) is 0 Å². The van der Waals surface area contributed by atoms with Gasteiger partial charge in [0.15, 0.2) is 0 Å². The number of hydrogen-bond acceptors (Lipinski definition) is 4. The number of rotatable bonds is 1. The molecule has 2 fully saturated rings. The van der Waals surface area contributed by atoms with Gasteiger partial charge in [-0.05, 0) is 11.6 Å². The number of likely N-dealkylation sites (N-methyl/N-ethyl adjacent to an activating group) is 1. The van der Waals surface area contributed by atoms with E-state index in [0.29, 0.717) is 12.6 Å². The molecule has 0 spiro atoms. The van der Waals surface area contributed by atoms with Gasteiger partial charge in [0.1, 0.15) is 0 Å². The number of piperazine rings is 2. The summed E-state index contributed by atoms with van der Waals surface area (Å²) in [6.45, 7) is 3.18. The summed E-state index contributed by atoms with van der Waals surface area (Å²) >= 11 is 0. The number of pyridine rings is 1. The third kappa shape index (κ3) is 2.11. The van der Waals surface area contributed by atoms with Crippen LogP contribution in [0, 0.1) is 0 Å². The highest BCUT2D eigenvalue weighted by molar-refractivity contribution is 5.78. The van der Waals surface area contributed by atoms with Crippen LogP contribution in [0.15, 0.2) is 24.5 Å². The van der Waals surface area contributed by atoms with E-state index in [9.17, 15) is 4.79 Å². The van der Waals surface area contributed by atoms with E-state index in [0.717, 1.165) is 19.6 Å². The van der Waals surface area contributed by atoms with Gasteiger partial charge in [-0.2, -0.15) is 0 Å². The van der Waals surface area contributed by atoms with Gasteiger partial charge >= 0.3 is 0 Å². The van der Waals surface area contributed by atoms with Crippen LogP contribution in [0.1, 0.15) is 11.6 Å². The van der Waals surface area contributed by atoms with Crippen LogP contribution in [0.4, 0.5) is 0 Å². The first-order valence-corrected chi connectivity index (χ1v) is 6.35. The molecule has 1 aromatic heterocycles. The van der Waals surface area contributed by atoms with Crippen LogP contribution in [0.2, 0.25) is 0 Å². The van der Waals surface area contributed by atoms with Gasteiger partial charge in [0.25, 0.3) is 0 Å². The summed E-state index contributed by atoms with van der Waals surface area (Å²) in [7, 11) is 1.88. The van der Waals surface area contributed by atoms with Crippen molar-refractivity contribution in [2.45, 2.75) is 12.1 Å². The smallest absolute Gasteiger partial charge is 0.236 e. The Balaban J connectivity index is 1.72. The lowest BCUT2D eigenvalue weighted by atomic mass is 10.0. The maximum atomic E-state index is 11.7. The molecule has 0 radical (unpaired) electrons. The molecule has 2 atom stereocenters. The molecule has 2 unspecified atom stereocenters. The van der Waals surface area contributed by atoms with Crippen molar-refractivity contribution in [2.75, 3.05) is 33.2 Å². The summed E-state index contributed by atoms with van der Waals surface area (Å²) in [5.41, 5.74) is 1.20. The topological polar surface area (TPSA) is 48.5 Å². The number of nitrogens with one attached hydrogen (secondary N) is 1. The highest BCUT2D eigenvalue weighted by Crippen LogP contribution is 2.21. The maximum Gasteiger partial charge on any atom is 0.236 e. The zero-order valence-corrected chi connectivity index (χ0v) is 10.5. The van der Waals surface area contributed by atoms with Crippen LogP contribution >= 0.6 is 0 Å².